The SMILES string of the molecule is CC(C)(C)N(Cc1ccccc1)CC(O)CCl. The summed E-state index contributed by atoms with van der Waals surface area (Å²) in [6.45, 7) is 7.88. The molecule has 0 fully saturated rings. The van der Waals surface area contributed by atoms with Crippen LogP contribution < -0.4 is 0 Å². The van der Waals surface area contributed by atoms with E-state index in [0.717, 1.165) is 6.54 Å². The second-order valence-electron chi connectivity index (χ2n) is 5.35. The molecule has 0 aliphatic rings. The van der Waals surface area contributed by atoms with Crippen LogP contribution >= 0.6 is 11.6 Å². The van der Waals surface area contributed by atoms with Gasteiger partial charge in [0.05, 0.1) is 6.10 Å². The number of benzene rings is 1. The van der Waals surface area contributed by atoms with Crippen LogP contribution in [-0.2, 0) is 6.54 Å². The van der Waals surface area contributed by atoms with Gasteiger partial charge in [0, 0.05) is 24.5 Å². The summed E-state index contributed by atoms with van der Waals surface area (Å²) >= 11 is 5.67. The number of hydrogen-bond acceptors (Lipinski definition) is 2. The molecular formula is C14H22ClNO. The second kappa shape index (κ2) is 6.39. The Kier molecular flexibility index (Phi) is 5.44. The van der Waals surface area contributed by atoms with Gasteiger partial charge in [0.15, 0.2) is 0 Å². The van der Waals surface area contributed by atoms with E-state index in [1.165, 1.54) is 5.56 Å². The first kappa shape index (κ1) is 14.5. The molecule has 1 unspecified atom stereocenters. The highest BCUT2D eigenvalue weighted by atomic mass is 35.5. The van der Waals surface area contributed by atoms with Crippen molar-refractivity contribution in [1.82, 2.24) is 4.90 Å². The van der Waals surface area contributed by atoms with Crippen LogP contribution in [0.25, 0.3) is 0 Å². The summed E-state index contributed by atoms with van der Waals surface area (Å²) in [7, 11) is 0. The lowest BCUT2D eigenvalue weighted by Crippen LogP contribution is -2.45. The lowest BCUT2D eigenvalue weighted by Gasteiger charge is -2.36. The summed E-state index contributed by atoms with van der Waals surface area (Å²) in [6, 6.07) is 10.3. The number of hydrogen-bond donors (Lipinski definition) is 1. The third-order valence-corrected chi connectivity index (χ3v) is 3.13. The largest absolute Gasteiger partial charge is 0.391 e. The fourth-order valence-electron chi connectivity index (χ4n) is 1.68. The molecule has 0 aliphatic carbocycles. The molecule has 0 aromatic heterocycles. The van der Waals surface area contributed by atoms with Crippen molar-refractivity contribution in [2.45, 2.75) is 39.0 Å². The molecule has 0 heterocycles. The van der Waals surface area contributed by atoms with E-state index in [2.05, 4.69) is 37.8 Å². The molecule has 1 N–H and O–H groups in total. The molecule has 0 aliphatic heterocycles. The third-order valence-electron chi connectivity index (χ3n) is 2.77. The fourth-order valence-corrected chi connectivity index (χ4v) is 1.78. The van der Waals surface area contributed by atoms with Gasteiger partial charge >= 0.3 is 0 Å². The predicted molar refractivity (Wildman–Crippen MR) is 73.3 cm³/mol. The summed E-state index contributed by atoms with van der Waals surface area (Å²) in [6.07, 6.45) is -0.473. The maximum atomic E-state index is 9.70. The Morgan fingerprint density at radius 3 is 2.29 bits per heavy atom. The van der Waals surface area contributed by atoms with E-state index >= 15 is 0 Å². The van der Waals surface area contributed by atoms with E-state index in [9.17, 15) is 5.11 Å². The summed E-state index contributed by atoms with van der Waals surface area (Å²) in [5, 5.41) is 9.70. The molecule has 0 amide bonds. The normalized spacial score (nSPS) is 14.0. The van der Waals surface area contributed by atoms with E-state index in [1.54, 1.807) is 0 Å². The Hall–Kier alpha value is -0.570. The molecule has 17 heavy (non-hydrogen) atoms. The topological polar surface area (TPSA) is 23.5 Å². The van der Waals surface area contributed by atoms with Crippen molar-refractivity contribution in [3.63, 3.8) is 0 Å². The van der Waals surface area contributed by atoms with Crippen LogP contribution in [0, 0.1) is 0 Å². The van der Waals surface area contributed by atoms with Crippen molar-refractivity contribution in [2.75, 3.05) is 12.4 Å². The molecule has 0 saturated heterocycles. The summed E-state index contributed by atoms with van der Waals surface area (Å²) in [5.74, 6) is 0.279. The predicted octanol–water partition coefficient (Wildman–Crippen LogP) is 2.89. The zero-order valence-electron chi connectivity index (χ0n) is 10.9. The molecule has 0 radical (unpaired) electrons. The Morgan fingerprint density at radius 2 is 1.82 bits per heavy atom. The van der Waals surface area contributed by atoms with Crippen LogP contribution in [0.4, 0.5) is 0 Å². The van der Waals surface area contributed by atoms with Crippen LogP contribution in [0.3, 0.4) is 0 Å². The molecule has 96 valence electrons. The van der Waals surface area contributed by atoms with Crippen molar-refractivity contribution in [3.05, 3.63) is 35.9 Å². The van der Waals surface area contributed by atoms with Crippen molar-refractivity contribution in [3.8, 4) is 0 Å². The van der Waals surface area contributed by atoms with Crippen LogP contribution in [0.2, 0.25) is 0 Å². The summed E-state index contributed by atoms with van der Waals surface area (Å²) in [5.41, 5.74) is 1.27. The second-order valence-corrected chi connectivity index (χ2v) is 5.65. The van der Waals surface area contributed by atoms with Gasteiger partial charge in [0.1, 0.15) is 0 Å². The Bertz CT molecular complexity index is 321. The van der Waals surface area contributed by atoms with Crippen molar-refractivity contribution >= 4 is 11.6 Å². The molecule has 1 aromatic rings. The van der Waals surface area contributed by atoms with Gasteiger partial charge in [0.2, 0.25) is 0 Å². The molecule has 0 saturated carbocycles. The smallest absolute Gasteiger partial charge is 0.0802 e. The average molecular weight is 256 g/mol. The minimum atomic E-state index is -0.473. The standard InChI is InChI=1S/C14H22ClNO/c1-14(2,3)16(11-13(17)9-15)10-12-7-5-4-6-8-12/h4-8,13,17H,9-11H2,1-3H3. The first-order valence-corrected chi connectivity index (χ1v) is 6.50. The number of halogens is 1. The number of nitrogens with zero attached hydrogens (tertiary/aromatic N) is 1. The van der Waals surface area contributed by atoms with Crippen molar-refractivity contribution < 1.29 is 5.11 Å². The van der Waals surface area contributed by atoms with Crippen LogP contribution in [0.1, 0.15) is 26.3 Å². The molecule has 2 nitrogen and oxygen atoms in total. The molecule has 1 atom stereocenters. The van der Waals surface area contributed by atoms with E-state index in [1.807, 2.05) is 18.2 Å². The quantitative estimate of drug-likeness (QED) is 0.818. The Balaban J connectivity index is 2.71. The van der Waals surface area contributed by atoms with Crippen molar-refractivity contribution in [1.29, 1.82) is 0 Å². The Labute approximate surface area is 109 Å². The number of alkyl halides is 1. The van der Waals surface area contributed by atoms with Gasteiger partial charge in [-0.2, -0.15) is 0 Å². The number of aliphatic hydroxyl groups is 1. The minimum Gasteiger partial charge on any atom is -0.391 e. The zero-order valence-corrected chi connectivity index (χ0v) is 11.6. The number of rotatable bonds is 5. The number of β-amino-alcohol motifs (C(OH)–C–C–N with tert-alkyl or cyclic N) is 1. The van der Waals surface area contributed by atoms with E-state index in [-0.39, 0.29) is 11.4 Å². The van der Waals surface area contributed by atoms with Gasteiger partial charge in [-0.15, -0.1) is 11.6 Å². The van der Waals surface area contributed by atoms with Crippen molar-refractivity contribution in [2.24, 2.45) is 0 Å². The first-order chi connectivity index (χ1) is 7.93. The van der Waals surface area contributed by atoms with E-state index in [0.29, 0.717) is 6.54 Å². The van der Waals surface area contributed by atoms with Gasteiger partial charge in [0.25, 0.3) is 0 Å². The average Bonchev–Trinajstić information content (AvgIpc) is 2.28. The van der Waals surface area contributed by atoms with Crippen LogP contribution in [0.15, 0.2) is 30.3 Å². The van der Waals surface area contributed by atoms with Gasteiger partial charge in [-0.3, -0.25) is 4.90 Å². The molecule has 3 heteroatoms. The Morgan fingerprint density at radius 1 is 1.24 bits per heavy atom. The third kappa shape index (κ3) is 5.07. The van der Waals surface area contributed by atoms with Gasteiger partial charge in [-0.25, -0.2) is 0 Å². The van der Waals surface area contributed by atoms with Crippen LogP contribution in [-0.4, -0.2) is 34.1 Å². The minimum absolute atomic E-state index is 0.0167. The lowest BCUT2D eigenvalue weighted by atomic mass is 10.0. The molecule has 0 bridgehead atoms. The molecule has 1 aromatic carbocycles. The highest BCUT2D eigenvalue weighted by molar-refractivity contribution is 6.18. The monoisotopic (exact) mass is 255 g/mol. The van der Waals surface area contributed by atoms with E-state index < -0.39 is 6.10 Å². The molecular weight excluding hydrogens is 234 g/mol. The highest BCUT2D eigenvalue weighted by Gasteiger charge is 2.23. The lowest BCUT2D eigenvalue weighted by molar-refractivity contribution is 0.0626. The molecule has 1 rings (SSSR count). The van der Waals surface area contributed by atoms with Crippen LogP contribution in [0.5, 0.6) is 0 Å². The molecule has 0 spiro atoms. The maximum absolute atomic E-state index is 9.70. The van der Waals surface area contributed by atoms with E-state index in [4.69, 9.17) is 11.6 Å². The summed E-state index contributed by atoms with van der Waals surface area (Å²) < 4.78 is 0. The van der Waals surface area contributed by atoms with Gasteiger partial charge in [-0.05, 0) is 26.3 Å². The highest BCUT2D eigenvalue weighted by Crippen LogP contribution is 2.17. The fraction of sp³-hybridized carbons (Fsp3) is 0.571. The summed E-state index contributed by atoms with van der Waals surface area (Å²) in [4.78, 5) is 2.25. The van der Waals surface area contributed by atoms with Gasteiger partial charge in [-0.1, -0.05) is 30.3 Å². The first-order valence-electron chi connectivity index (χ1n) is 5.96. The van der Waals surface area contributed by atoms with Gasteiger partial charge < -0.3 is 5.11 Å². The zero-order chi connectivity index (χ0) is 12.9. The number of aliphatic hydroxyl groups excluding tert-OH is 1. The maximum Gasteiger partial charge on any atom is 0.0802 e.